The zero-order valence-electron chi connectivity index (χ0n) is 10.6. The van der Waals surface area contributed by atoms with Crippen LogP contribution < -0.4 is 0 Å². The second-order valence-corrected chi connectivity index (χ2v) is 4.44. The van der Waals surface area contributed by atoms with Gasteiger partial charge in [0.05, 0.1) is 25.6 Å². The van der Waals surface area contributed by atoms with Crippen molar-refractivity contribution in [1.82, 2.24) is 14.8 Å². The van der Waals surface area contributed by atoms with E-state index in [-0.39, 0.29) is 12.4 Å². The summed E-state index contributed by atoms with van der Waals surface area (Å²) < 4.78 is 11.8. The molecule has 0 aliphatic carbocycles. The van der Waals surface area contributed by atoms with Crippen LogP contribution in [0.2, 0.25) is 0 Å². The van der Waals surface area contributed by atoms with Crippen LogP contribution in [0.3, 0.4) is 0 Å². The van der Waals surface area contributed by atoms with Crippen LogP contribution >= 0.6 is 11.8 Å². The molecule has 1 aromatic heterocycles. The SMILES string of the molecule is COCCOCCn1c(CO)nnc1SCC(=O)O. The Morgan fingerprint density at radius 2 is 2.16 bits per heavy atom. The third-order valence-electron chi connectivity index (χ3n) is 2.15. The molecule has 2 N–H and O–H groups in total. The molecule has 8 nitrogen and oxygen atoms in total. The minimum atomic E-state index is -0.929. The molecule has 19 heavy (non-hydrogen) atoms. The molecular weight excluding hydrogens is 274 g/mol. The molecule has 0 saturated heterocycles. The van der Waals surface area contributed by atoms with Gasteiger partial charge < -0.3 is 24.3 Å². The van der Waals surface area contributed by atoms with Crippen LogP contribution in [0.25, 0.3) is 0 Å². The molecule has 0 amide bonds. The first-order chi connectivity index (χ1) is 9.19. The Balaban J connectivity index is 2.52. The van der Waals surface area contributed by atoms with Crippen molar-refractivity contribution >= 4 is 17.7 Å². The fraction of sp³-hybridized carbons (Fsp3) is 0.700. The summed E-state index contributed by atoms with van der Waals surface area (Å²) in [4.78, 5) is 10.5. The van der Waals surface area contributed by atoms with Gasteiger partial charge in [-0.2, -0.15) is 0 Å². The monoisotopic (exact) mass is 291 g/mol. The van der Waals surface area contributed by atoms with Gasteiger partial charge >= 0.3 is 5.97 Å². The molecule has 0 saturated carbocycles. The van der Waals surface area contributed by atoms with Crippen molar-refractivity contribution in [1.29, 1.82) is 0 Å². The summed E-state index contributed by atoms with van der Waals surface area (Å²) in [6, 6.07) is 0. The van der Waals surface area contributed by atoms with E-state index in [0.29, 0.717) is 37.3 Å². The maximum Gasteiger partial charge on any atom is 0.313 e. The van der Waals surface area contributed by atoms with Crippen molar-refractivity contribution in [2.75, 3.05) is 32.7 Å². The van der Waals surface area contributed by atoms with Crippen molar-refractivity contribution < 1.29 is 24.5 Å². The van der Waals surface area contributed by atoms with Gasteiger partial charge in [0.15, 0.2) is 11.0 Å². The van der Waals surface area contributed by atoms with Crippen molar-refractivity contribution in [2.45, 2.75) is 18.3 Å². The summed E-state index contributed by atoms with van der Waals surface area (Å²) in [5.74, 6) is -0.640. The highest BCUT2D eigenvalue weighted by molar-refractivity contribution is 7.99. The Bertz CT molecular complexity index is 399. The highest BCUT2D eigenvalue weighted by Crippen LogP contribution is 2.16. The van der Waals surface area contributed by atoms with E-state index in [1.165, 1.54) is 0 Å². The van der Waals surface area contributed by atoms with Gasteiger partial charge in [0.25, 0.3) is 0 Å². The van der Waals surface area contributed by atoms with Crippen molar-refractivity contribution in [2.24, 2.45) is 0 Å². The van der Waals surface area contributed by atoms with Crippen LogP contribution in [-0.4, -0.2) is 63.6 Å². The standard InChI is InChI=1S/C10H17N3O5S/c1-17-4-5-18-3-2-13-8(6-14)11-12-10(13)19-7-9(15)16/h14H,2-7H2,1H3,(H,15,16). The van der Waals surface area contributed by atoms with E-state index in [4.69, 9.17) is 19.7 Å². The number of nitrogens with zero attached hydrogens (tertiary/aromatic N) is 3. The van der Waals surface area contributed by atoms with Gasteiger partial charge in [0, 0.05) is 13.7 Å². The zero-order chi connectivity index (χ0) is 14.1. The van der Waals surface area contributed by atoms with Crippen LogP contribution in [0.15, 0.2) is 5.16 Å². The first-order valence-corrected chi connectivity index (χ1v) is 6.61. The number of hydrogen-bond donors (Lipinski definition) is 2. The van der Waals surface area contributed by atoms with E-state index in [9.17, 15) is 4.79 Å². The van der Waals surface area contributed by atoms with E-state index < -0.39 is 5.97 Å². The zero-order valence-corrected chi connectivity index (χ0v) is 11.4. The minimum Gasteiger partial charge on any atom is -0.481 e. The molecule has 0 unspecified atom stereocenters. The topological polar surface area (TPSA) is 107 Å². The van der Waals surface area contributed by atoms with E-state index >= 15 is 0 Å². The third kappa shape index (κ3) is 5.55. The number of thioether (sulfide) groups is 1. The summed E-state index contributed by atoms with van der Waals surface area (Å²) in [5.41, 5.74) is 0. The summed E-state index contributed by atoms with van der Waals surface area (Å²) in [6.07, 6.45) is 0. The molecule has 0 atom stereocenters. The normalized spacial score (nSPS) is 10.8. The van der Waals surface area contributed by atoms with Crippen molar-refractivity contribution in [3.8, 4) is 0 Å². The van der Waals surface area contributed by atoms with Gasteiger partial charge in [-0.15, -0.1) is 10.2 Å². The lowest BCUT2D eigenvalue weighted by Gasteiger charge is -2.09. The van der Waals surface area contributed by atoms with Crippen LogP contribution in [0, 0.1) is 0 Å². The lowest BCUT2D eigenvalue weighted by atomic mass is 10.6. The Morgan fingerprint density at radius 1 is 1.37 bits per heavy atom. The van der Waals surface area contributed by atoms with E-state index in [1.54, 1.807) is 11.7 Å². The predicted molar refractivity (Wildman–Crippen MR) is 67.0 cm³/mol. The molecule has 0 aliphatic heterocycles. The largest absolute Gasteiger partial charge is 0.481 e. The summed E-state index contributed by atoms with van der Waals surface area (Å²) in [6.45, 7) is 1.60. The van der Waals surface area contributed by atoms with Gasteiger partial charge in [0.2, 0.25) is 0 Å². The number of rotatable bonds is 10. The molecule has 0 aromatic carbocycles. The molecule has 0 bridgehead atoms. The summed E-state index contributed by atoms with van der Waals surface area (Å²) in [5, 5.41) is 25.9. The Morgan fingerprint density at radius 3 is 2.79 bits per heavy atom. The maximum atomic E-state index is 10.5. The third-order valence-corrected chi connectivity index (χ3v) is 3.10. The van der Waals surface area contributed by atoms with Crippen LogP contribution in [-0.2, 0) is 27.4 Å². The van der Waals surface area contributed by atoms with Gasteiger partial charge in [0.1, 0.15) is 6.61 Å². The highest BCUT2D eigenvalue weighted by atomic mass is 32.2. The Kier molecular flexibility index (Phi) is 7.41. The number of carbonyl (C=O) groups is 1. The maximum absolute atomic E-state index is 10.5. The molecular formula is C10H17N3O5S. The van der Waals surface area contributed by atoms with Crippen LogP contribution in [0.1, 0.15) is 5.82 Å². The van der Waals surface area contributed by atoms with Crippen molar-refractivity contribution in [3.63, 3.8) is 0 Å². The number of aliphatic hydroxyl groups excluding tert-OH is 1. The first-order valence-electron chi connectivity index (χ1n) is 5.63. The minimum absolute atomic E-state index is 0.103. The predicted octanol–water partition coefficient (Wildman–Crippen LogP) is -0.390. The fourth-order valence-electron chi connectivity index (χ4n) is 1.29. The average Bonchev–Trinajstić information content (AvgIpc) is 2.78. The van der Waals surface area contributed by atoms with Gasteiger partial charge in [-0.25, -0.2) is 0 Å². The molecule has 0 fully saturated rings. The number of aromatic nitrogens is 3. The number of methoxy groups -OCH3 is 1. The molecule has 108 valence electrons. The second-order valence-electron chi connectivity index (χ2n) is 3.50. The lowest BCUT2D eigenvalue weighted by molar-refractivity contribution is -0.133. The van der Waals surface area contributed by atoms with Crippen LogP contribution in [0.5, 0.6) is 0 Å². The number of carboxylic acid groups (broad SMARTS) is 1. The first kappa shape index (κ1) is 15.9. The van der Waals surface area contributed by atoms with Crippen LogP contribution in [0.4, 0.5) is 0 Å². The molecule has 9 heteroatoms. The number of aliphatic hydroxyl groups is 1. The number of aliphatic carboxylic acids is 1. The average molecular weight is 291 g/mol. The number of hydrogen-bond acceptors (Lipinski definition) is 7. The van der Waals surface area contributed by atoms with Crippen molar-refractivity contribution in [3.05, 3.63) is 5.82 Å². The quantitative estimate of drug-likeness (QED) is 0.443. The Hall–Kier alpha value is -1.16. The molecule has 0 spiro atoms. The molecule has 1 rings (SSSR count). The van der Waals surface area contributed by atoms with Gasteiger partial charge in [-0.1, -0.05) is 11.8 Å². The number of ether oxygens (including phenoxy) is 2. The smallest absolute Gasteiger partial charge is 0.313 e. The summed E-state index contributed by atoms with van der Waals surface area (Å²) in [7, 11) is 1.59. The second kappa shape index (κ2) is 8.86. The lowest BCUT2D eigenvalue weighted by Crippen LogP contribution is -2.13. The molecule has 0 radical (unpaired) electrons. The summed E-state index contributed by atoms with van der Waals surface area (Å²) >= 11 is 1.06. The number of carboxylic acids is 1. The molecule has 1 heterocycles. The highest BCUT2D eigenvalue weighted by Gasteiger charge is 2.13. The molecule has 0 aliphatic rings. The fourth-order valence-corrected chi connectivity index (χ4v) is 2.00. The molecule has 1 aromatic rings. The Labute approximate surface area is 114 Å². The van der Waals surface area contributed by atoms with E-state index in [0.717, 1.165) is 11.8 Å². The van der Waals surface area contributed by atoms with Gasteiger partial charge in [-0.05, 0) is 0 Å². The van der Waals surface area contributed by atoms with Gasteiger partial charge in [-0.3, -0.25) is 4.79 Å². The van der Waals surface area contributed by atoms with E-state index in [2.05, 4.69) is 10.2 Å². The van der Waals surface area contributed by atoms with E-state index in [1.807, 2.05) is 0 Å².